The molecule has 8 nitrogen and oxygen atoms in total. The maximum absolute atomic E-state index is 11.5. The Hall–Kier alpha value is -3.40. The lowest BCUT2D eigenvalue weighted by Gasteiger charge is -2.25. The molecular formula is C23H20N4O4S. The molecule has 1 aliphatic heterocycles. The molecule has 9 heteroatoms. The number of fused-ring (bicyclic) bond motifs is 1. The van der Waals surface area contributed by atoms with Crippen LogP contribution in [0.3, 0.4) is 0 Å². The average Bonchev–Trinajstić information content (AvgIpc) is 3.25. The number of morpholine rings is 1. The molecule has 0 saturated carbocycles. The third kappa shape index (κ3) is 4.18. The van der Waals surface area contributed by atoms with E-state index in [1.54, 1.807) is 18.2 Å². The summed E-state index contributed by atoms with van der Waals surface area (Å²) in [6.07, 6.45) is 0. The predicted octanol–water partition coefficient (Wildman–Crippen LogP) is 4.89. The summed E-state index contributed by atoms with van der Waals surface area (Å²) in [4.78, 5) is 23.6. The molecule has 1 aliphatic rings. The molecule has 5 rings (SSSR count). The average molecular weight is 449 g/mol. The molecule has 1 fully saturated rings. The van der Waals surface area contributed by atoms with E-state index in [1.807, 2.05) is 35.7 Å². The van der Waals surface area contributed by atoms with Crippen LogP contribution in [0.2, 0.25) is 0 Å². The summed E-state index contributed by atoms with van der Waals surface area (Å²) in [6.45, 7) is 3.53. The first-order valence-corrected chi connectivity index (χ1v) is 11.1. The van der Waals surface area contributed by atoms with E-state index < -0.39 is 4.92 Å². The smallest absolute Gasteiger partial charge is 0.311 e. The van der Waals surface area contributed by atoms with E-state index in [0.29, 0.717) is 31.5 Å². The highest BCUT2D eigenvalue weighted by molar-refractivity contribution is 7.17. The standard InChI is InChI=1S/C23H20N4O4S/c28-27(29)18-8-4-5-9-19(18)31-22-21-17(16-6-2-1-3-7-16)15-32-23(21)25-20(24-22)14-26-10-12-30-13-11-26/h1-9,15H,10-14H2. The zero-order valence-electron chi connectivity index (χ0n) is 17.1. The van der Waals surface area contributed by atoms with Crippen LogP contribution in [-0.4, -0.2) is 46.1 Å². The first-order valence-electron chi connectivity index (χ1n) is 10.2. The summed E-state index contributed by atoms with van der Waals surface area (Å²) in [5.41, 5.74) is 1.85. The Kier molecular flexibility index (Phi) is 5.76. The van der Waals surface area contributed by atoms with Gasteiger partial charge in [-0.15, -0.1) is 11.3 Å². The zero-order chi connectivity index (χ0) is 21.9. The number of nitro benzene ring substituents is 1. The van der Waals surface area contributed by atoms with Gasteiger partial charge in [0.15, 0.2) is 0 Å². The van der Waals surface area contributed by atoms with Crippen molar-refractivity contribution in [1.29, 1.82) is 0 Å². The van der Waals surface area contributed by atoms with Crippen molar-refractivity contribution in [2.75, 3.05) is 26.3 Å². The molecular weight excluding hydrogens is 428 g/mol. The van der Waals surface area contributed by atoms with Crippen molar-refractivity contribution >= 4 is 27.2 Å². The molecule has 0 amide bonds. The number of hydrogen-bond acceptors (Lipinski definition) is 8. The van der Waals surface area contributed by atoms with Gasteiger partial charge in [-0.3, -0.25) is 15.0 Å². The molecule has 162 valence electrons. The first-order chi connectivity index (χ1) is 15.7. The fourth-order valence-electron chi connectivity index (χ4n) is 3.68. The summed E-state index contributed by atoms with van der Waals surface area (Å²) in [5.74, 6) is 1.10. The third-order valence-electron chi connectivity index (χ3n) is 5.27. The second kappa shape index (κ2) is 8.99. The van der Waals surface area contributed by atoms with Crippen LogP contribution >= 0.6 is 11.3 Å². The van der Waals surface area contributed by atoms with Crippen molar-refractivity contribution in [3.05, 3.63) is 75.9 Å². The Morgan fingerprint density at radius 3 is 2.59 bits per heavy atom. The van der Waals surface area contributed by atoms with Gasteiger partial charge in [0.25, 0.3) is 0 Å². The number of aromatic nitrogens is 2. The number of ether oxygens (including phenoxy) is 2. The lowest BCUT2D eigenvalue weighted by atomic mass is 10.1. The molecule has 4 aromatic rings. The minimum Gasteiger partial charge on any atom is -0.431 e. The molecule has 0 radical (unpaired) electrons. The Balaban J connectivity index is 1.61. The molecule has 1 saturated heterocycles. The summed E-state index contributed by atoms with van der Waals surface area (Å²) < 4.78 is 11.5. The molecule has 0 bridgehead atoms. The Morgan fingerprint density at radius 2 is 1.81 bits per heavy atom. The summed E-state index contributed by atoms with van der Waals surface area (Å²) >= 11 is 1.51. The third-order valence-corrected chi connectivity index (χ3v) is 6.14. The zero-order valence-corrected chi connectivity index (χ0v) is 18.0. The van der Waals surface area contributed by atoms with Crippen LogP contribution in [0.25, 0.3) is 21.3 Å². The molecule has 3 heterocycles. The van der Waals surface area contributed by atoms with Gasteiger partial charge >= 0.3 is 5.69 Å². The van der Waals surface area contributed by atoms with Crippen LogP contribution < -0.4 is 4.74 Å². The van der Waals surface area contributed by atoms with Gasteiger partial charge in [0.05, 0.1) is 30.1 Å². The van der Waals surface area contributed by atoms with E-state index in [1.165, 1.54) is 17.4 Å². The monoisotopic (exact) mass is 448 g/mol. The Bertz CT molecular complexity index is 1260. The number of rotatable bonds is 6. The first kappa shape index (κ1) is 20.5. The van der Waals surface area contributed by atoms with E-state index in [4.69, 9.17) is 19.4 Å². The van der Waals surface area contributed by atoms with Crippen molar-refractivity contribution < 1.29 is 14.4 Å². The van der Waals surface area contributed by atoms with Crippen molar-refractivity contribution in [2.45, 2.75) is 6.54 Å². The topological polar surface area (TPSA) is 90.6 Å². The number of hydrogen-bond donors (Lipinski definition) is 0. The van der Waals surface area contributed by atoms with E-state index in [-0.39, 0.29) is 11.4 Å². The molecule has 0 unspecified atom stereocenters. The second-order valence-electron chi connectivity index (χ2n) is 7.36. The van der Waals surface area contributed by atoms with Gasteiger partial charge in [-0.25, -0.2) is 4.98 Å². The van der Waals surface area contributed by atoms with E-state index in [9.17, 15) is 10.1 Å². The van der Waals surface area contributed by atoms with E-state index >= 15 is 0 Å². The van der Waals surface area contributed by atoms with Crippen molar-refractivity contribution in [3.63, 3.8) is 0 Å². The maximum atomic E-state index is 11.5. The second-order valence-corrected chi connectivity index (χ2v) is 8.21. The SMILES string of the molecule is O=[N+]([O-])c1ccccc1Oc1nc(CN2CCOCC2)nc2scc(-c3ccccc3)c12. The molecule has 2 aromatic heterocycles. The highest BCUT2D eigenvalue weighted by Gasteiger charge is 2.22. The van der Waals surface area contributed by atoms with Crippen LogP contribution in [0.4, 0.5) is 5.69 Å². The lowest BCUT2D eigenvalue weighted by Crippen LogP contribution is -2.36. The molecule has 2 aromatic carbocycles. The van der Waals surface area contributed by atoms with Gasteiger partial charge in [-0.1, -0.05) is 42.5 Å². The fourth-order valence-corrected chi connectivity index (χ4v) is 4.64. The van der Waals surface area contributed by atoms with Crippen molar-refractivity contribution in [2.24, 2.45) is 0 Å². The predicted molar refractivity (Wildman–Crippen MR) is 122 cm³/mol. The van der Waals surface area contributed by atoms with Crippen LogP contribution in [-0.2, 0) is 11.3 Å². The lowest BCUT2D eigenvalue weighted by molar-refractivity contribution is -0.385. The Morgan fingerprint density at radius 1 is 1.06 bits per heavy atom. The number of thiophene rings is 1. The van der Waals surface area contributed by atoms with Crippen LogP contribution in [0, 0.1) is 10.1 Å². The van der Waals surface area contributed by atoms with Gasteiger partial charge < -0.3 is 9.47 Å². The highest BCUT2D eigenvalue weighted by atomic mass is 32.1. The van der Waals surface area contributed by atoms with Crippen LogP contribution in [0.15, 0.2) is 60.0 Å². The molecule has 0 atom stereocenters. The summed E-state index contributed by atoms with van der Waals surface area (Å²) in [5, 5.41) is 14.3. The Labute approximate surface area is 188 Å². The number of para-hydroxylation sites is 2. The van der Waals surface area contributed by atoms with E-state index in [0.717, 1.165) is 34.4 Å². The number of benzene rings is 2. The van der Waals surface area contributed by atoms with Gasteiger partial charge in [0.1, 0.15) is 10.7 Å². The number of nitro groups is 1. The minimum absolute atomic E-state index is 0.106. The van der Waals surface area contributed by atoms with Crippen molar-refractivity contribution in [3.8, 4) is 22.8 Å². The minimum atomic E-state index is -0.450. The molecule has 0 spiro atoms. The fraction of sp³-hybridized carbons (Fsp3) is 0.217. The molecule has 0 aliphatic carbocycles. The highest BCUT2D eigenvalue weighted by Crippen LogP contribution is 2.41. The molecule has 0 N–H and O–H groups in total. The summed E-state index contributed by atoms with van der Waals surface area (Å²) in [7, 11) is 0. The van der Waals surface area contributed by atoms with Crippen LogP contribution in [0.5, 0.6) is 11.6 Å². The largest absolute Gasteiger partial charge is 0.431 e. The van der Waals surface area contributed by atoms with E-state index in [2.05, 4.69) is 4.90 Å². The maximum Gasteiger partial charge on any atom is 0.311 e. The summed E-state index contributed by atoms with van der Waals surface area (Å²) in [6, 6.07) is 16.3. The number of nitrogens with zero attached hydrogens (tertiary/aromatic N) is 4. The van der Waals surface area contributed by atoms with Gasteiger partial charge in [-0.2, -0.15) is 4.98 Å². The van der Waals surface area contributed by atoms with Gasteiger partial charge in [-0.05, 0) is 11.6 Å². The quantitative estimate of drug-likeness (QED) is 0.306. The van der Waals surface area contributed by atoms with Crippen LogP contribution in [0.1, 0.15) is 5.82 Å². The normalized spacial score (nSPS) is 14.5. The molecule has 32 heavy (non-hydrogen) atoms. The van der Waals surface area contributed by atoms with Crippen molar-refractivity contribution in [1.82, 2.24) is 14.9 Å². The van der Waals surface area contributed by atoms with Gasteiger partial charge in [0, 0.05) is 30.1 Å². The van der Waals surface area contributed by atoms with Gasteiger partial charge in [0.2, 0.25) is 11.6 Å².